The number of aliphatic hydroxyl groups is 1. The molecule has 2 fully saturated rings. The lowest BCUT2D eigenvalue weighted by Gasteiger charge is -2.39. The van der Waals surface area contributed by atoms with Crippen molar-refractivity contribution < 1.29 is 33.8 Å². The average molecular weight is 755 g/mol. The highest BCUT2D eigenvalue weighted by Crippen LogP contribution is 2.60. The van der Waals surface area contributed by atoms with Crippen molar-refractivity contribution in [2.45, 2.75) is 56.6 Å². The Bertz CT molecular complexity index is 1880. The van der Waals surface area contributed by atoms with Gasteiger partial charge in [0.2, 0.25) is 11.8 Å². The summed E-state index contributed by atoms with van der Waals surface area (Å²) in [6.45, 7) is 3.57. The van der Waals surface area contributed by atoms with Crippen molar-refractivity contribution >= 4 is 45.3 Å². The number of cyclic esters (lactones) is 1. The van der Waals surface area contributed by atoms with E-state index in [0.717, 1.165) is 11.1 Å². The van der Waals surface area contributed by atoms with E-state index >= 15 is 9.59 Å². The first-order valence-corrected chi connectivity index (χ1v) is 18.0. The van der Waals surface area contributed by atoms with Gasteiger partial charge >= 0.3 is 5.97 Å². The predicted molar refractivity (Wildman–Crippen MR) is 193 cm³/mol. The fraction of sp³-hybridized carbons (Fsp3) is 0.350. The third-order valence-corrected chi connectivity index (χ3v) is 11.1. The smallest absolute Gasteiger partial charge is 0.313 e. The van der Waals surface area contributed by atoms with E-state index in [1.54, 1.807) is 23.1 Å². The van der Waals surface area contributed by atoms with Crippen molar-refractivity contribution in [3.05, 3.63) is 124 Å². The van der Waals surface area contributed by atoms with E-state index in [9.17, 15) is 14.7 Å². The largest absolute Gasteiger partial charge is 0.455 e. The summed E-state index contributed by atoms with van der Waals surface area (Å²) in [4.78, 5) is 60.9. The molecule has 4 aliphatic heterocycles. The number of hydrogen-bond donors (Lipinski definition) is 2. The molecule has 0 unspecified atom stereocenters. The molecule has 264 valence electrons. The number of ether oxygens (including phenoxy) is 2. The van der Waals surface area contributed by atoms with Crippen molar-refractivity contribution in [1.82, 2.24) is 10.2 Å². The summed E-state index contributed by atoms with van der Waals surface area (Å²) < 4.78 is 13.4. The van der Waals surface area contributed by atoms with Gasteiger partial charge in [0.05, 0.1) is 25.1 Å². The summed E-state index contributed by atoms with van der Waals surface area (Å²) in [5.41, 5.74) is 2.17. The number of para-hydroxylation sites is 1. The fourth-order valence-electron chi connectivity index (χ4n) is 8.16. The minimum atomic E-state index is -1.55. The highest BCUT2D eigenvalue weighted by Gasteiger charge is 2.75. The lowest BCUT2D eigenvalue weighted by atomic mass is 9.74. The molecule has 3 aromatic rings. The molecule has 2 N–H and O–H groups in total. The van der Waals surface area contributed by atoms with Crippen LogP contribution >= 0.6 is 15.9 Å². The highest BCUT2D eigenvalue weighted by molar-refractivity contribution is 9.11. The molecule has 0 radical (unpaired) electrons. The van der Waals surface area contributed by atoms with Crippen LogP contribution in [0.2, 0.25) is 0 Å². The van der Waals surface area contributed by atoms with Gasteiger partial charge in [-0.05, 0) is 48.6 Å². The first-order chi connectivity index (χ1) is 24.7. The molecular formula is C40H40BrN3O7. The summed E-state index contributed by atoms with van der Waals surface area (Å²) >= 11 is 3.62. The third-order valence-electron chi connectivity index (χ3n) is 10.4. The van der Waals surface area contributed by atoms with Crippen LogP contribution in [0.5, 0.6) is 0 Å². The Morgan fingerprint density at radius 2 is 1.61 bits per heavy atom. The van der Waals surface area contributed by atoms with Gasteiger partial charge in [-0.1, -0.05) is 107 Å². The number of carbonyl (C=O) groups excluding carboxylic acids is 4. The SMILES string of the molecule is Cc1cccc(C)c1N1C/C=C\CCC(=O)NC[C@H](c2ccccc2)OC(=O)[C@H]2[C@@H]3O[C@@]4(C=C3Br)[C@@H]2C(=O)N([C@H](CO)c2ccccc2)[C@@H]4C1=O. The quantitative estimate of drug-likeness (QED) is 0.278. The van der Waals surface area contributed by atoms with Gasteiger partial charge in [0.1, 0.15) is 29.8 Å². The molecular weight excluding hydrogens is 714 g/mol. The Balaban J connectivity index is 1.40. The maximum absolute atomic E-state index is 15.4. The van der Waals surface area contributed by atoms with Gasteiger partial charge in [-0.25, -0.2) is 0 Å². The molecule has 4 aliphatic rings. The van der Waals surface area contributed by atoms with Gasteiger partial charge in [0.15, 0.2) is 0 Å². The Labute approximate surface area is 305 Å². The summed E-state index contributed by atoms with van der Waals surface area (Å²) in [7, 11) is 0. The number of aliphatic hydroxyl groups excluding tert-OH is 1. The van der Waals surface area contributed by atoms with Crippen LogP contribution in [0.1, 0.15) is 47.2 Å². The van der Waals surface area contributed by atoms with Crippen molar-refractivity contribution in [2.24, 2.45) is 11.8 Å². The molecule has 7 rings (SSSR count). The van der Waals surface area contributed by atoms with Gasteiger partial charge in [-0.3, -0.25) is 19.2 Å². The molecule has 0 aromatic heterocycles. The van der Waals surface area contributed by atoms with E-state index in [1.807, 2.05) is 92.7 Å². The molecule has 0 aliphatic carbocycles. The number of amides is 3. The second kappa shape index (κ2) is 14.2. The molecule has 11 heteroatoms. The van der Waals surface area contributed by atoms with E-state index in [1.165, 1.54) is 4.90 Å². The number of rotatable bonds is 5. The molecule has 51 heavy (non-hydrogen) atoms. The van der Waals surface area contributed by atoms with Gasteiger partial charge in [-0.2, -0.15) is 0 Å². The minimum Gasteiger partial charge on any atom is -0.455 e. The van der Waals surface area contributed by atoms with Crippen LogP contribution in [0.4, 0.5) is 5.69 Å². The van der Waals surface area contributed by atoms with Crippen LogP contribution in [0, 0.1) is 25.7 Å². The summed E-state index contributed by atoms with van der Waals surface area (Å²) in [5, 5.41) is 13.9. The number of anilines is 1. The maximum Gasteiger partial charge on any atom is 0.313 e. The highest BCUT2D eigenvalue weighted by atomic mass is 79.9. The number of allylic oxidation sites excluding steroid dienone is 1. The second-order valence-corrected chi connectivity index (χ2v) is 14.4. The van der Waals surface area contributed by atoms with E-state index in [2.05, 4.69) is 21.2 Å². The first kappa shape index (κ1) is 34.9. The van der Waals surface area contributed by atoms with Crippen LogP contribution in [-0.2, 0) is 28.7 Å². The van der Waals surface area contributed by atoms with Crippen molar-refractivity contribution in [2.75, 3.05) is 24.6 Å². The number of aryl methyl sites for hydroxylation is 2. The van der Waals surface area contributed by atoms with Crippen LogP contribution in [0.25, 0.3) is 0 Å². The number of nitrogens with one attached hydrogen (secondary N) is 1. The second-order valence-electron chi connectivity index (χ2n) is 13.5. The Kier molecular flexibility index (Phi) is 9.71. The monoisotopic (exact) mass is 753 g/mol. The number of carbonyl (C=O) groups is 4. The van der Waals surface area contributed by atoms with Crippen molar-refractivity contribution in [3.8, 4) is 0 Å². The van der Waals surface area contributed by atoms with E-state index in [0.29, 0.717) is 27.7 Å². The standard InChI is InChI=1S/C40H40BrN3O7/c1-24-13-12-14-25(2)34(24)43-20-11-5-10-19-31(46)42-22-30(27-17-8-4-9-18-27)50-39(49)32-33-37(47)44(29(23-45)26-15-6-3-7-16-26)36(38(43)48)40(33)21-28(41)35(32)51-40/h3-9,11-18,21,29-30,32-33,35-36,45H,10,19-20,22-23H2,1-2H3,(H,42,46)/b11-5-/t29-,30-,32-,33+,35-,36-,40+/m1/s1. The fourth-order valence-corrected chi connectivity index (χ4v) is 8.90. The summed E-state index contributed by atoms with van der Waals surface area (Å²) in [6.07, 6.45) is 4.37. The molecule has 0 saturated carbocycles. The zero-order valence-corrected chi connectivity index (χ0v) is 30.0. The number of halogens is 1. The van der Waals surface area contributed by atoms with Crippen LogP contribution < -0.4 is 10.2 Å². The van der Waals surface area contributed by atoms with Crippen LogP contribution in [0.3, 0.4) is 0 Å². The lowest BCUT2D eigenvalue weighted by molar-refractivity contribution is -0.160. The Morgan fingerprint density at radius 3 is 2.29 bits per heavy atom. The number of benzene rings is 3. The number of esters is 1. The van der Waals surface area contributed by atoms with E-state index in [-0.39, 0.29) is 25.4 Å². The molecule has 7 atom stereocenters. The lowest BCUT2D eigenvalue weighted by Crippen LogP contribution is -2.57. The zero-order chi connectivity index (χ0) is 35.9. The number of fused-ring (bicyclic) bond motifs is 2. The minimum absolute atomic E-state index is 0.0332. The number of hydrogen-bond acceptors (Lipinski definition) is 7. The van der Waals surface area contributed by atoms with E-state index in [4.69, 9.17) is 9.47 Å². The van der Waals surface area contributed by atoms with E-state index < -0.39 is 66.1 Å². The third kappa shape index (κ3) is 6.11. The molecule has 3 amide bonds. The average Bonchev–Trinajstić information content (AvgIpc) is 3.72. The molecule has 4 heterocycles. The first-order valence-electron chi connectivity index (χ1n) is 17.2. The predicted octanol–water partition coefficient (Wildman–Crippen LogP) is 4.99. The number of likely N-dealkylation sites (tertiary alicyclic amines) is 1. The normalized spacial score (nSPS) is 29.3. The summed E-state index contributed by atoms with van der Waals surface area (Å²) in [6, 6.07) is 21.8. The van der Waals surface area contributed by atoms with Crippen LogP contribution in [-0.4, -0.2) is 71.1 Å². The maximum atomic E-state index is 15.4. The Hall–Kier alpha value is -4.58. The van der Waals surface area contributed by atoms with Gasteiger partial charge in [0.25, 0.3) is 5.91 Å². The zero-order valence-electron chi connectivity index (χ0n) is 28.4. The number of nitrogens with zero attached hydrogens (tertiary/aromatic N) is 2. The van der Waals surface area contributed by atoms with Gasteiger partial charge in [-0.15, -0.1) is 0 Å². The van der Waals surface area contributed by atoms with Gasteiger partial charge in [0, 0.05) is 23.1 Å². The van der Waals surface area contributed by atoms with Gasteiger partial charge < -0.3 is 29.7 Å². The molecule has 1 spiro atoms. The molecule has 3 aromatic carbocycles. The molecule has 10 nitrogen and oxygen atoms in total. The van der Waals surface area contributed by atoms with Crippen molar-refractivity contribution in [3.63, 3.8) is 0 Å². The topological polar surface area (TPSA) is 125 Å². The molecule has 2 saturated heterocycles. The molecule has 5 bridgehead atoms. The van der Waals surface area contributed by atoms with Crippen molar-refractivity contribution in [1.29, 1.82) is 0 Å². The summed E-state index contributed by atoms with van der Waals surface area (Å²) in [5.74, 6) is -4.03. The Morgan fingerprint density at radius 1 is 0.922 bits per heavy atom. The van der Waals surface area contributed by atoms with Crippen LogP contribution in [0.15, 0.2) is 102 Å².